The largest absolute Gasteiger partial charge is 0.334 e. The SMILES string of the molecule is CC[C@@H]1CN(CCc2ccccn2)CCC(=O)N1Cc1ccccc1. The van der Waals surface area contributed by atoms with Gasteiger partial charge in [-0.25, -0.2) is 0 Å². The van der Waals surface area contributed by atoms with E-state index >= 15 is 0 Å². The van der Waals surface area contributed by atoms with Gasteiger partial charge in [0.2, 0.25) is 5.91 Å². The Morgan fingerprint density at radius 1 is 1.12 bits per heavy atom. The molecule has 1 aliphatic heterocycles. The maximum Gasteiger partial charge on any atom is 0.224 e. The zero-order valence-electron chi connectivity index (χ0n) is 15.0. The molecule has 2 aromatic rings. The van der Waals surface area contributed by atoms with Gasteiger partial charge >= 0.3 is 0 Å². The minimum absolute atomic E-state index is 0.274. The van der Waals surface area contributed by atoms with Crippen molar-refractivity contribution in [2.45, 2.75) is 38.8 Å². The summed E-state index contributed by atoms with van der Waals surface area (Å²) in [6, 6.07) is 16.6. The quantitative estimate of drug-likeness (QED) is 0.812. The van der Waals surface area contributed by atoms with E-state index in [9.17, 15) is 4.79 Å². The van der Waals surface area contributed by atoms with Crippen LogP contribution in [0.1, 0.15) is 31.0 Å². The van der Waals surface area contributed by atoms with Crippen LogP contribution in [0.15, 0.2) is 54.7 Å². The van der Waals surface area contributed by atoms with E-state index in [1.54, 1.807) is 0 Å². The van der Waals surface area contributed by atoms with Gasteiger partial charge in [0.25, 0.3) is 0 Å². The summed E-state index contributed by atoms with van der Waals surface area (Å²) < 4.78 is 0. The fourth-order valence-corrected chi connectivity index (χ4v) is 3.46. The third-order valence-corrected chi connectivity index (χ3v) is 4.95. The molecular weight excluding hydrogens is 310 g/mol. The Hall–Kier alpha value is -2.20. The molecule has 2 heterocycles. The lowest BCUT2D eigenvalue weighted by Gasteiger charge is -2.31. The van der Waals surface area contributed by atoms with Gasteiger partial charge in [-0.3, -0.25) is 9.78 Å². The van der Waals surface area contributed by atoms with E-state index < -0.39 is 0 Å². The van der Waals surface area contributed by atoms with Crippen molar-refractivity contribution < 1.29 is 4.79 Å². The van der Waals surface area contributed by atoms with Crippen LogP contribution in [0.5, 0.6) is 0 Å². The minimum atomic E-state index is 0.274. The van der Waals surface area contributed by atoms with Gasteiger partial charge in [0.05, 0.1) is 0 Å². The third kappa shape index (κ3) is 4.89. The van der Waals surface area contributed by atoms with E-state index in [1.165, 1.54) is 5.56 Å². The van der Waals surface area contributed by atoms with Crippen LogP contribution in [0.2, 0.25) is 0 Å². The van der Waals surface area contributed by atoms with Gasteiger partial charge in [-0.15, -0.1) is 0 Å². The normalized spacial score (nSPS) is 19.0. The second-order valence-electron chi connectivity index (χ2n) is 6.69. The number of amides is 1. The molecule has 1 saturated heterocycles. The molecule has 1 aromatic heterocycles. The Balaban J connectivity index is 1.64. The van der Waals surface area contributed by atoms with Crippen molar-refractivity contribution in [3.8, 4) is 0 Å². The zero-order chi connectivity index (χ0) is 17.5. The Kier molecular flexibility index (Phi) is 6.18. The van der Waals surface area contributed by atoms with Crippen molar-refractivity contribution >= 4 is 5.91 Å². The summed E-state index contributed by atoms with van der Waals surface area (Å²) in [4.78, 5) is 21.6. The topological polar surface area (TPSA) is 36.4 Å². The predicted octanol–water partition coefficient (Wildman–Crippen LogP) is 3.14. The summed E-state index contributed by atoms with van der Waals surface area (Å²) >= 11 is 0. The van der Waals surface area contributed by atoms with Crippen molar-refractivity contribution in [3.05, 3.63) is 66.0 Å². The summed E-state index contributed by atoms with van der Waals surface area (Å²) in [7, 11) is 0. The molecule has 0 unspecified atom stereocenters. The fraction of sp³-hybridized carbons (Fsp3) is 0.429. The molecule has 132 valence electrons. The van der Waals surface area contributed by atoms with E-state index in [-0.39, 0.29) is 11.9 Å². The first-order valence-corrected chi connectivity index (χ1v) is 9.22. The first-order chi connectivity index (χ1) is 12.3. The van der Waals surface area contributed by atoms with Crippen LogP contribution in [0.3, 0.4) is 0 Å². The lowest BCUT2D eigenvalue weighted by atomic mass is 10.1. The van der Waals surface area contributed by atoms with Gasteiger partial charge in [0, 0.05) is 57.0 Å². The molecule has 0 N–H and O–H groups in total. The zero-order valence-corrected chi connectivity index (χ0v) is 15.0. The summed E-state index contributed by atoms with van der Waals surface area (Å²) in [5.74, 6) is 0.274. The van der Waals surface area contributed by atoms with Crippen molar-refractivity contribution in [1.82, 2.24) is 14.8 Å². The molecule has 0 aliphatic carbocycles. The van der Waals surface area contributed by atoms with Crippen molar-refractivity contribution in [1.29, 1.82) is 0 Å². The molecule has 1 amide bonds. The van der Waals surface area contributed by atoms with Crippen LogP contribution in [0, 0.1) is 0 Å². The first-order valence-electron chi connectivity index (χ1n) is 9.22. The highest BCUT2D eigenvalue weighted by atomic mass is 16.2. The van der Waals surface area contributed by atoms with E-state index in [2.05, 4.69) is 39.9 Å². The second-order valence-corrected chi connectivity index (χ2v) is 6.69. The molecule has 1 aliphatic rings. The van der Waals surface area contributed by atoms with Gasteiger partial charge in [0.1, 0.15) is 0 Å². The number of pyridine rings is 1. The van der Waals surface area contributed by atoms with E-state index in [0.717, 1.165) is 38.2 Å². The highest BCUT2D eigenvalue weighted by molar-refractivity contribution is 5.77. The van der Waals surface area contributed by atoms with Gasteiger partial charge in [0.15, 0.2) is 0 Å². The molecular formula is C21H27N3O. The van der Waals surface area contributed by atoms with Crippen molar-refractivity contribution in [2.24, 2.45) is 0 Å². The molecule has 4 nitrogen and oxygen atoms in total. The summed E-state index contributed by atoms with van der Waals surface area (Å²) in [6.07, 6.45) is 4.37. The Labute approximate surface area is 150 Å². The highest BCUT2D eigenvalue weighted by Crippen LogP contribution is 2.18. The maximum atomic E-state index is 12.7. The number of aromatic nitrogens is 1. The van der Waals surface area contributed by atoms with E-state index in [1.807, 2.05) is 36.5 Å². The number of nitrogens with zero attached hydrogens (tertiary/aromatic N) is 3. The average Bonchev–Trinajstić information content (AvgIpc) is 2.81. The van der Waals surface area contributed by atoms with Crippen LogP contribution in [-0.4, -0.2) is 46.4 Å². The van der Waals surface area contributed by atoms with Crippen LogP contribution < -0.4 is 0 Å². The van der Waals surface area contributed by atoms with Gasteiger partial charge in [-0.1, -0.05) is 43.3 Å². The van der Waals surface area contributed by atoms with Crippen LogP contribution >= 0.6 is 0 Å². The number of hydrogen-bond acceptors (Lipinski definition) is 3. The first kappa shape index (κ1) is 17.6. The standard InChI is InChI=1S/C21H27N3O/c1-2-20-17-23(14-11-19-10-6-7-13-22-19)15-12-21(25)24(20)16-18-8-4-3-5-9-18/h3-10,13,20H,2,11-12,14-17H2,1H3/t20-/m1/s1. The smallest absolute Gasteiger partial charge is 0.224 e. The van der Waals surface area contributed by atoms with Crippen molar-refractivity contribution in [2.75, 3.05) is 19.6 Å². The number of rotatable bonds is 6. The number of carbonyl (C=O) groups excluding carboxylic acids is 1. The second kappa shape index (κ2) is 8.77. The van der Waals surface area contributed by atoms with Crippen LogP contribution in [0.4, 0.5) is 0 Å². The maximum absolute atomic E-state index is 12.7. The summed E-state index contributed by atoms with van der Waals surface area (Å²) in [5, 5.41) is 0. The Morgan fingerprint density at radius 2 is 1.92 bits per heavy atom. The molecule has 3 rings (SSSR count). The number of carbonyl (C=O) groups is 1. The van der Waals surface area contributed by atoms with E-state index in [4.69, 9.17) is 0 Å². The van der Waals surface area contributed by atoms with Crippen molar-refractivity contribution in [3.63, 3.8) is 0 Å². The molecule has 0 bridgehead atoms. The monoisotopic (exact) mass is 337 g/mol. The molecule has 25 heavy (non-hydrogen) atoms. The minimum Gasteiger partial charge on any atom is -0.334 e. The highest BCUT2D eigenvalue weighted by Gasteiger charge is 2.28. The average molecular weight is 337 g/mol. The summed E-state index contributed by atoms with van der Waals surface area (Å²) in [6.45, 7) is 5.64. The molecule has 4 heteroatoms. The molecule has 1 aromatic carbocycles. The molecule has 0 spiro atoms. The number of benzene rings is 1. The number of hydrogen-bond donors (Lipinski definition) is 0. The molecule has 0 saturated carbocycles. The molecule has 1 fully saturated rings. The van der Waals surface area contributed by atoms with Gasteiger partial charge in [-0.05, 0) is 24.1 Å². The lowest BCUT2D eigenvalue weighted by molar-refractivity contribution is -0.133. The molecule has 0 radical (unpaired) electrons. The van der Waals surface area contributed by atoms with Crippen LogP contribution in [-0.2, 0) is 17.8 Å². The Bertz CT molecular complexity index is 659. The predicted molar refractivity (Wildman–Crippen MR) is 100 cm³/mol. The van der Waals surface area contributed by atoms with Gasteiger partial charge in [-0.2, -0.15) is 0 Å². The van der Waals surface area contributed by atoms with Crippen LogP contribution in [0.25, 0.3) is 0 Å². The third-order valence-electron chi connectivity index (χ3n) is 4.95. The molecule has 1 atom stereocenters. The fourth-order valence-electron chi connectivity index (χ4n) is 3.46. The van der Waals surface area contributed by atoms with E-state index in [0.29, 0.717) is 13.0 Å². The van der Waals surface area contributed by atoms with Gasteiger partial charge < -0.3 is 9.80 Å². The lowest BCUT2D eigenvalue weighted by Crippen LogP contribution is -2.42. The Morgan fingerprint density at radius 3 is 2.64 bits per heavy atom. The summed E-state index contributed by atoms with van der Waals surface area (Å²) in [5.41, 5.74) is 2.32.